The smallest absolute Gasteiger partial charge is 0.0368 e. The molecule has 1 aliphatic rings. The SMILES string of the molecule is CCN1CCN(c2ccc(NC)cc2)CC1. The standard InChI is InChI=1S/C13H21N3/c1-3-15-8-10-16(11-9-15)13-6-4-12(14-2)5-7-13/h4-7,14H,3,8-11H2,1-2H3. The molecule has 0 aliphatic carbocycles. The van der Waals surface area contributed by atoms with E-state index in [0.717, 1.165) is 13.1 Å². The van der Waals surface area contributed by atoms with Crippen molar-refractivity contribution < 1.29 is 0 Å². The van der Waals surface area contributed by atoms with Crippen LogP contribution in [0.15, 0.2) is 24.3 Å². The van der Waals surface area contributed by atoms with Gasteiger partial charge in [0.2, 0.25) is 0 Å². The third kappa shape index (κ3) is 2.47. The minimum absolute atomic E-state index is 1.15. The second kappa shape index (κ2) is 5.21. The first-order chi connectivity index (χ1) is 7.83. The summed E-state index contributed by atoms with van der Waals surface area (Å²) >= 11 is 0. The van der Waals surface area contributed by atoms with Gasteiger partial charge in [-0.1, -0.05) is 6.92 Å². The number of hydrogen-bond donors (Lipinski definition) is 1. The predicted molar refractivity (Wildman–Crippen MR) is 70.3 cm³/mol. The fourth-order valence-electron chi connectivity index (χ4n) is 2.16. The highest BCUT2D eigenvalue weighted by atomic mass is 15.3. The van der Waals surface area contributed by atoms with Gasteiger partial charge >= 0.3 is 0 Å². The van der Waals surface area contributed by atoms with Crippen molar-refractivity contribution in [3.63, 3.8) is 0 Å². The lowest BCUT2D eigenvalue weighted by molar-refractivity contribution is 0.271. The molecule has 1 aromatic rings. The molecule has 16 heavy (non-hydrogen) atoms. The molecule has 3 nitrogen and oxygen atoms in total. The molecule has 88 valence electrons. The molecule has 0 aromatic heterocycles. The predicted octanol–water partition coefficient (Wildman–Crippen LogP) is 1.87. The minimum atomic E-state index is 1.15. The van der Waals surface area contributed by atoms with Crippen molar-refractivity contribution in [2.45, 2.75) is 6.92 Å². The van der Waals surface area contributed by atoms with Gasteiger partial charge in [0.05, 0.1) is 0 Å². The number of likely N-dealkylation sites (N-methyl/N-ethyl adjacent to an activating group) is 1. The molecule has 0 radical (unpaired) electrons. The number of rotatable bonds is 3. The molecule has 0 amide bonds. The van der Waals surface area contributed by atoms with Crippen LogP contribution in [0.2, 0.25) is 0 Å². The summed E-state index contributed by atoms with van der Waals surface area (Å²) in [6, 6.07) is 8.68. The highest BCUT2D eigenvalue weighted by molar-refractivity contribution is 5.55. The summed E-state index contributed by atoms with van der Waals surface area (Å²) in [5.41, 5.74) is 2.52. The van der Waals surface area contributed by atoms with Gasteiger partial charge in [0.1, 0.15) is 0 Å². The Bertz CT molecular complexity index is 312. The average molecular weight is 219 g/mol. The van der Waals surface area contributed by atoms with Crippen LogP contribution in [0, 0.1) is 0 Å². The molecule has 0 atom stereocenters. The second-order valence-corrected chi connectivity index (χ2v) is 4.22. The monoisotopic (exact) mass is 219 g/mol. The first kappa shape index (κ1) is 11.3. The normalized spacial score (nSPS) is 17.5. The molecule has 2 rings (SSSR count). The highest BCUT2D eigenvalue weighted by Crippen LogP contribution is 2.18. The molecule has 1 aromatic carbocycles. The third-order valence-electron chi connectivity index (χ3n) is 3.34. The van der Waals surface area contributed by atoms with Gasteiger partial charge < -0.3 is 15.1 Å². The molecule has 0 saturated carbocycles. The zero-order valence-electron chi connectivity index (χ0n) is 10.2. The molecule has 1 fully saturated rings. The Morgan fingerprint density at radius 2 is 1.69 bits per heavy atom. The van der Waals surface area contributed by atoms with Crippen LogP contribution >= 0.6 is 0 Å². The Morgan fingerprint density at radius 1 is 1.06 bits per heavy atom. The van der Waals surface area contributed by atoms with Crippen LogP contribution in [0.4, 0.5) is 11.4 Å². The van der Waals surface area contributed by atoms with Crippen molar-refractivity contribution in [3.05, 3.63) is 24.3 Å². The van der Waals surface area contributed by atoms with E-state index in [4.69, 9.17) is 0 Å². The molecule has 1 N–H and O–H groups in total. The second-order valence-electron chi connectivity index (χ2n) is 4.22. The molecule has 1 aliphatic heterocycles. The van der Waals surface area contributed by atoms with E-state index < -0.39 is 0 Å². The molecule has 0 unspecified atom stereocenters. The number of piperazine rings is 1. The van der Waals surface area contributed by atoms with Crippen LogP contribution in [0.1, 0.15) is 6.92 Å². The molecular formula is C13H21N3. The van der Waals surface area contributed by atoms with E-state index in [1.54, 1.807) is 0 Å². The van der Waals surface area contributed by atoms with E-state index in [0.29, 0.717) is 0 Å². The average Bonchev–Trinajstić information content (AvgIpc) is 2.39. The Hall–Kier alpha value is -1.22. The van der Waals surface area contributed by atoms with Crippen LogP contribution in [-0.4, -0.2) is 44.7 Å². The Morgan fingerprint density at radius 3 is 2.19 bits per heavy atom. The summed E-state index contributed by atoms with van der Waals surface area (Å²) in [5, 5.41) is 3.15. The van der Waals surface area contributed by atoms with Gasteiger partial charge in [-0.05, 0) is 30.8 Å². The summed E-state index contributed by atoms with van der Waals surface area (Å²) in [6.07, 6.45) is 0. The summed E-state index contributed by atoms with van der Waals surface area (Å²) in [7, 11) is 1.95. The highest BCUT2D eigenvalue weighted by Gasteiger charge is 2.15. The number of hydrogen-bond acceptors (Lipinski definition) is 3. The lowest BCUT2D eigenvalue weighted by atomic mass is 10.2. The van der Waals surface area contributed by atoms with Crippen molar-refractivity contribution >= 4 is 11.4 Å². The lowest BCUT2D eigenvalue weighted by Crippen LogP contribution is -2.46. The maximum absolute atomic E-state index is 3.15. The van der Waals surface area contributed by atoms with Crippen molar-refractivity contribution in [3.8, 4) is 0 Å². The Labute approximate surface area is 98.0 Å². The lowest BCUT2D eigenvalue weighted by Gasteiger charge is -2.35. The van der Waals surface area contributed by atoms with Crippen molar-refractivity contribution in [2.75, 3.05) is 50.0 Å². The van der Waals surface area contributed by atoms with Crippen LogP contribution in [0.25, 0.3) is 0 Å². The summed E-state index contributed by atoms with van der Waals surface area (Å²) in [5.74, 6) is 0. The quantitative estimate of drug-likeness (QED) is 0.837. The Kier molecular flexibility index (Phi) is 3.67. The van der Waals surface area contributed by atoms with E-state index in [2.05, 4.69) is 46.3 Å². The largest absolute Gasteiger partial charge is 0.388 e. The minimum Gasteiger partial charge on any atom is -0.388 e. The van der Waals surface area contributed by atoms with Crippen LogP contribution in [-0.2, 0) is 0 Å². The maximum atomic E-state index is 3.15. The first-order valence-electron chi connectivity index (χ1n) is 6.08. The zero-order chi connectivity index (χ0) is 11.4. The fourth-order valence-corrected chi connectivity index (χ4v) is 2.16. The van der Waals surface area contributed by atoms with Crippen LogP contribution in [0.3, 0.4) is 0 Å². The zero-order valence-corrected chi connectivity index (χ0v) is 10.2. The van der Waals surface area contributed by atoms with E-state index in [-0.39, 0.29) is 0 Å². The molecule has 3 heteroatoms. The molecule has 1 heterocycles. The molecule has 1 saturated heterocycles. The first-order valence-corrected chi connectivity index (χ1v) is 6.08. The summed E-state index contributed by atoms with van der Waals surface area (Å²) in [6.45, 7) is 8.07. The molecule has 0 spiro atoms. The maximum Gasteiger partial charge on any atom is 0.0368 e. The molecule has 0 bridgehead atoms. The third-order valence-corrected chi connectivity index (χ3v) is 3.34. The van der Waals surface area contributed by atoms with Gasteiger partial charge in [-0.3, -0.25) is 0 Å². The van der Waals surface area contributed by atoms with E-state index in [9.17, 15) is 0 Å². The van der Waals surface area contributed by atoms with Gasteiger partial charge in [0, 0.05) is 44.6 Å². The number of benzene rings is 1. The van der Waals surface area contributed by atoms with Crippen molar-refractivity contribution in [2.24, 2.45) is 0 Å². The van der Waals surface area contributed by atoms with Gasteiger partial charge in [-0.25, -0.2) is 0 Å². The van der Waals surface area contributed by atoms with Crippen molar-refractivity contribution in [1.82, 2.24) is 4.90 Å². The number of anilines is 2. The number of nitrogens with zero attached hydrogens (tertiary/aromatic N) is 2. The van der Waals surface area contributed by atoms with Crippen molar-refractivity contribution in [1.29, 1.82) is 0 Å². The summed E-state index contributed by atoms with van der Waals surface area (Å²) in [4.78, 5) is 4.96. The topological polar surface area (TPSA) is 18.5 Å². The molecular weight excluding hydrogens is 198 g/mol. The summed E-state index contributed by atoms with van der Waals surface area (Å²) < 4.78 is 0. The van der Waals surface area contributed by atoms with E-state index >= 15 is 0 Å². The van der Waals surface area contributed by atoms with Gasteiger partial charge in [-0.2, -0.15) is 0 Å². The van der Waals surface area contributed by atoms with Gasteiger partial charge in [0.25, 0.3) is 0 Å². The van der Waals surface area contributed by atoms with E-state index in [1.165, 1.54) is 31.0 Å². The van der Waals surface area contributed by atoms with E-state index in [1.807, 2.05) is 7.05 Å². The number of nitrogens with one attached hydrogen (secondary N) is 1. The fraction of sp³-hybridized carbons (Fsp3) is 0.538. The van der Waals surface area contributed by atoms with Crippen LogP contribution in [0.5, 0.6) is 0 Å². The van der Waals surface area contributed by atoms with Gasteiger partial charge in [-0.15, -0.1) is 0 Å². The van der Waals surface area contributed by atoms with Crippen LogP contribution < -0.4 is 10.2 Å². The van der Waals surface area contributed by atoms with Gasteiger partial charge in [0.15, 0.2) is 0 Å². The Balaban J connectivity index is 1.97.